The van der Waals surface area contributed by atoms with Gasteiger partial charge in [0.25, 0.3) is 0 Å². The molecule has 3 nitrogen and oxygen atoms in total. The van der Waals surface area contributed by atoms with Gasteiger partial charge >= 0.3 is 6.18 Å². The van der Waals surface area contributed by atoms with Crippen LogP contribution in [-0.2, 0) is 10.8 Å². The molecule has 3 rings (SSSR count). The van der Waals surface area contributed by atoms with Gasteiger partial charge in [0, 0.05) is 12.3 Å². The third kappa shape index (κ3) is 12.4. The Morgan fingerprint density at radius 3 is 1.95 bits per heavy atom. The highest BCUT2D eigenvalue weighted by atomic mass is 32.1. The molecular weight excluding hydrogens is 536 g/mol. The maximum atomic E-state index is 12.4. The lowest BCUT2D eigenvalue weighted by atomic mass is 9.44. The van der Waals surface area contributed by atoms with Gasteiger partial charge in [-0.15, -0.1) is 0 Å². The molecule has 3 aromatic heterocycles. The van der Waals surface area contributed by atoms with E-state index in [1.807, 2.05) is 0 Å². The Hall–Kier alpha value is -2.00. The van der Waals surface area contributed by atoms with Crippen molar-refractivity contribution in [2.24, 2.45) is 5.92 Å². The quantitative estimate of drug-likeness (QED) is 0.137. The van der Waals surface area contributed by atoms with Crippen molar-refractivity contribution in [3.05, 3.63) is 64.9 Å². The predicted molar refractivity (Wildman–Crippen MR) is 163 cm³/mol. The number of halogens is 3. The van der Waals surface area contributed by atoms with E-state index in [2.05, 4.69) is 83.3 Å². The van der Waals surface area contributed by atoms with E-state index >= 15 is 0 Å². The Kier molecular flexibility index (Phi) is 12.4. The highest BCUT2D eigenvalue weighted by Gasteiger charge is 2.27. The lowest BCUT2D eigenvalue weighted by Crippen LogP contribution is -2.38. The molecule has 3 heterocycles. The van der Waals surface area contributed by atoms with E-state index in [-0.39, 0.29) is 17.5 Å². The number of thiophene rings is 2. The van der Waals surface area contributed by atoms with E-state index in [0.29, 0.717) is 18.8 Å². The summed E-state index contributed by atoms with van der Waals surface area (Å²) in [6.45, 7) is 18.5. The van der Waals surface area contributed by atoms with E-state index in [1.54, 1.807) is 46.1 Å². The van der Waals surface area contributed by atoms with Crippen LogP contribution in [0.2, 0.25) is 6.32 Å². The molecule has 0 radical (unpaired) electrons. The summed E-state index contributed by atoms with van der Waals surface area (Å²) in [5, 5.41) is 4.37. The smallest absolute Gasteiger partial charge is 0.409 e. The van der Waals surface area contributed by atoms with Crippen molar-refractivity contribution in [1.82, 2.24) is 9.71 Å². The summed E-state index contributed by atoms with van der Waals surface area (Å²) in [6.07, 6.45) is 5.96. The molecule has 0 amide bonds. The van der Waals surface area contributed by atoms with Gasteiger partial charge in [-0.3, -0.25) is 0 Å². The van der Waals surface area contributed by atoms with E-state index in [0.717, 1.165) is 18.9 Å². The molecule has 0 aliphatic rings. The fraction of sp³-hybridized carbons (Fsp3) is 0.567. The van der Waals surface area contributed by atoms with Crippen molar-refractivity contribution in [3.8, 4) is 0 Å². The minimum Gasteiger partial charge on any atom is -0.413 e. The summed E-state index contributed by atoms with van der Waals surface area (Å²) in [5.41, 5.74) is 2.71. The fourth-order valence-corrected chi connectivity index (χ4v) is 6.40. The van der Waals surface area contributed by atoms with Crippen molar-refractivity contribution in [1.29, 1.82) is 0 Å². The van der Waals surface area contributed by atoms with Crippen molar-refractivity contribution in [3.63, 3.8) is 0 Å². The molecule has 0 saturated heterocycles. The number of alkyl halides is 3. The average Bonchev–Trinajstić information content (AvgIpc) is 3.57. The molecular formula is C30H44BF3N2OS2. The number of rotatable bonds is 10. The molecule has 0 spiro atoms. The van der Waals surface area contributed by atoms with Gasteiger partial charge in [-0.2, -0.15) is 40.6 Å². The van der Waals surface area contributed by atoms with Crippen LogP contribution in [0.3, 0.4) is 0 Å². The second-order valence-electron chi connectivity index (χ2n) is 12.3. The minimum atomic E-state index is -4.24. The minimum absolute atomic E-state index is 0.0709. The molecule has 0 unspecified atom stereocenters. The van der Waals surface area contributed by atoms with Crippen LogP contribution < -0.4 is 14.4 Å². The summed E-state index contributed by atoms with van der Waals surface area (Å²) in [5.74, 6) is 0.761. The highest BCUT2D eigenvalue weighted by molar-refractivity contribution is 7.31. The molecule has 216 valence electrons. The van der Waals surface area contributed by atoms with Crippen LogP contribution in [0.1, 0.15) is 85.8 Å². The number of nitrogens with zero attached hydrogens (tertiary/aromatic N) is 2. The van der Waals surface area contributed by atoms with Gasteiger partial charge in [-0.25, -0.2) is 4.98 Å². The lowest BCUT2D eigenvalue weighted by molar-refractivity contribution is -0.0800. The van der Waals surface area contributed by atoms with Gasteiger partial charge in [0.15, 0.2) is 0 Å². The summed E-state index contributed by atoms with van der Waals surface area (Å²) in [4.78, 5) is 9.22. The van der Waals surface area contributed by atoms with E-state index < -0.39 is 6.18 Å². The summed E-state index contributed by atoms with van der Waals surface area (Å²) in [6, 6.07) is 4.47. The van der Waals surface area contributed by atoms with Crippen LogP contribution in [0.25, 0.3) is 0 Å². The Morgan fingerprint density at radius 1 is 0.974 bits per heavy atom. The van der Waals surface area contributed by atoms with Crippen molar-refractivity contribution < 1.29 is 18.0 Å². The van der Waals surface area contributed by atoms with Gasteiger partial charge in [0.2, 0.25) is 6.71 Å². The molecule has 0 aromatic carbocycles. The number of imidazole rings is 1. The Balaban J connectivity index is 0.000000370. The normalized spacial score (nSPS) is 12.6. The average molecular weight is 581 g/mol. The standard InChI is InChI=1S/C21H28BF3S2.C9H16N2O/c1-19(2,3)15-11-17(26-13-15)22(10-8-7-9-21(23,24)25)18-12-16(14-27-18)20(4,5)6;1-9(2)4-3-7-12-11-6-5-10-8-11/h7,9,11-14H,8,10H2,1-6H3;5-6,8-9H,3-4,7H2,1-2H3. The first-order valence-electron chi connectivity index (χ1n) is 13.6. The second kappa shape index (κ2) is 14.6. The molecule has 3 aromatic rings. The van der Waals surface area contributed by atoms with Crippen molar-refractivity contribution in [2.75, 3.05) is 6.61 Å². The van der Waals surface area contributed by atoms with Gasteiger partial charge in [-0.05, 0) is 67.5 Å². The summed E-state index contributed by atoms with van der Waals surface area (Å²) >= 11 is 3.44. The monoisotopic (exact) mass is 580 g/mol. The number of allylic oxidation sites excluding steroid dienone is 2. The maximum absolute atomic E-state index is 12.4. The van der Waals surface area contributed by atoms with Gasteiger partial charge in [-0.1, -0.05) is 79.9 Å². The van der Waals surface area contributed by atoms with Crippen LogP contribution in [-0.4, -0.2) is 29.2 Å². The van der Waals surface area contributed by atoms with Gasteiger partial charge < -0.3 is 4.84 Å². The number of aromatic nitrogens is 2. The molecule has 39 heavy (non-hydrogen) atoms. The Bertz CT molecular complexity index is 1070. The van der Waals surface area contributed by atoms with E-state index in [4.69, 9.17) is 4.84 Å². The molecule has 0 aliphatic heterocycles. The summed E-state index contributed by atoms with van der Waals surface area (Å²) in [7, 11) is 0. The van der Waals surface area contributed by atoms with Gasteiger partial charge in [0.05, 0.1) is 6.20 Å². The Morgan fingerprint density at radius 2 is 1.54 bits per heavy atom. The maximum Gasteiger partial charge on any atom is 0.409 e. The Labute approximate surface area is 241 Å². The van der Waals surface area contributed by atoms with Crippen LogP contribution >= 0.6 is 22.7 Å². The number of hydrogen-bond acceptors (Lipinski definition) is 4. The van der Waals surface area contributed by atoms with Crippen LogP contribution in [0.5, 0.6) is 0 Å². The highest BCUT2D eigenvalue weighted by Crippen LogP contribution is 2.27. The molecule has 0 bridgehead atoms. The lowest BCUT2D eigenvalue weighted by Gasteiger charge is -2.17. The largest absolute Gasteiger partial charge is 0.413 e. The molecule has 0 N–H and O–H groups in total. The molecule has 0 atom stereocenters. The number of hydrogen-bond donors (Lipinski definition) is 0. The summed E-state index contributed by atoms with van der Waals surface area (Å²) < 4.78 is 41.4. The third-order valence-electron chi connectivity index (χ3n) is 6.23. The first kappa shape index (κ1) is 33.2. The van der Waals surface area contributed by atoms with Crippen LogP contribution in [0.4, 0.5) is 13.2 Å². The predicted octanol–water partition coefficient (Wildman–Crippen LogP) is 8.27. The van der Waals surface area contributed by atoms with Crippen molar-refractivity contribution in [2.45, 2.75) is 98.0 Å². The van der Waals surface area contributed by atoms with E-state index in [9.17, 15) is 13.2 Å². The first-order chi connectivity index (χ1) is 18.1. The third-order valence-corrected chi connectivity index (χ3v) is 8.33. The first-order valence-corrected chi connectivity index (χ1v) is 15.4. The zero-order valence-electron chi connectivity index (χ0n) is 24.6. The van der Waals surface area contributed by atoms with Gasteiger partial charge in [0.1, 0.15) is 12.9 Å². The molecule has 0 fully saturated rings. The zero-order chi connectivity index (χ0) is 29.3. The van der Waals surface area contributed by atoms with E-state index in [1.165, 1.54) is 33.2 Å². The van der Waals surface area contributed by atoms with Crippen LogP contribution in [0.15, 0.2) is 53.8 Å². The van der Waals surface area contributed by atoms with Crippen molar-refractivity contribution >= 4 is 38.9 Å². The van der Waals surface area contributed by atoms with Crippen LogP contribution in [0, 0.1) is 5.92 Å². The fourth-order valence-electron chi connectivity index (χ4n) is 3.75. The molecule has 0 aliphatic carbocycles. The topological polar surface area (TPSA) is 27.1 Å². The second-order valence-corrected chi connectivity index (χ2v) is 14.2. The zero-order valence-corrected chi connectivity index (χ0v) is 26.3. The SMILES string of the molecule is CC(C)(C)c1csc(B(CCC=CC(F)(F)F)c2cc(C(C)(C)C)cs2)c1.CC(C)CCCOn1ccnc1. The molecule has 0 saturated carbocycles. The molecule has 9 heteroatoms.